The zero-order valence-electron chi connectivity index (χ0n) is 10.2. The van der Waals surface area contributed by atoms with Gasteiger partial charge in [0.15, 0.2) is 5.82 Å². The van der Waals surface area contributed by atoms with Crippen LogP contribution in [0.1, 0.15) is 31.3 Å². The Labute approximate surface area is 100 Å². The maximum atomic E-state index is 5.96. The molecule has 90 valence electrons. The van der Waals surface area contributed by atoms with Crippen molar-refractivity contribution in [1.82, 2.24) is 15.1 Å². The largest absolute Gasteiger partial charge is 0.334 e. The van der Waals surface area contributed by atoms with E-state index < -0.39 is 0 Å². The molecule has 2 aromatic heterocycles. The van der Waals surface area contributed by atoms with Crippen LogP contribution in [0.3, 0.4) is 0 Å². The molecule has 2 N–H and O–H groups in total. The van der Waals surface area contributed by atoms with Crippen LogP contribution in [0.25, 0.3) is 11.5 Å². The van der Waals surface area contributed by atoms with Crippen molar-refractivity contribution in [3.05, 3.63) is 29.8 Å². The monoisotopic (exact) mass is 232 g/mol. The summed E-state index contributed by atoms with van der Waals surface area (Å²) in [5, 5.41) is 3.90. The molecule has 0 aliphatic rings. The van der Waals surface area contributed by atoms with Gasteiger partial charge in [0.2, 0.25) is 0 Å². The van der Waals surface area contributed by atoms with Gasteiger partial charge in [0.25, 0.3) is 5.89 Å². The average Bonchev–Trinajstić information content (AvgIpc) is 2.77. The summed E-state index contributed by atoms with van der Waals surface area (Å²) in [6.45, 7) is 6.01. The third-order valence-electron chi connectivity index (χ3n) is 2.58. The van der Waals surface area contributed by atoms with Gasteiger partial charge in [0.1, 0.15) is 0 Å². The van der Waals surface area contributed by atoms with Crippen LogP contribution in [0.5, 0.6) is 0 Å². The highest BCUT2D eigenvalue weighted by Crippen LogP contribution is 2.21. The Kier molecular flexibility index (Phi) is 3.19. The molecule has 5 nitrogen and oxygen atoms in total. The molecular formula is C12H16N4O. The third-order valence-corrected chi connectivity index (χ3v) is 2.58. The molecular weight excluding hydrogens is 216 g/mol. The first kappa shape index (κ1) is 11.7. The maximum Gasteiger partial charge on any atom is 0.259 e. The lowest BCUT2D eigenvalue weighted by Gasteiger charge is -2.09. The summed E-state index contributed by atoms with van der Waals surface area (Å²) < 4.78 is 5.20. The number of nitrogens with zero attached hydrogens (tertiary/aromatic N) is 3. The Hall–Kier alpha value is -1.75. The van der Waals surface area contributed by atoms with Crippen molar-refractivity contribution in [2.24, 2.45) is 11.7 Å². The van der Waals surface area contributed by atoms with Gasteiger partial charge in [-0.15, -0.1) is 0 Å². The Morgan fingerprint density at radius 2 is 2.06 bits per heavy atom. The van der Waals surface area contributed by atoms with E-state index in [4.69, 9.17) is 10.3 Å². The molecule has 0 bridgehead atoms. The minimum absolute atomic E-state index is 0.203. The standard InChI is InChI=1S/C12H16N4O/c1-7(2)10(13)11-15-12(17-16-11)9-4-8(3)5-14-6-9/h4-7,10H,13H2,1-3H3. The van der Waals surface area contributed by atoms with E-state index >= 15 is 0 Å². The number of pyridine rings is 1. The van der Waals surface area contributed by atoms with Crippen molar-refractivity contribution in [3.8, 4) is 11.5 Å². The van der Waals surface area contributed by atoms with E-state index in [0.29, 0.717) is 11.7 Å². The summed E-state index contributed by atoms with van der Waals surface area (Å²) in [5.74, 6) is 1.28. The van der Waals surface area contributed by atoms with Crippen molar-refractivity contribution in [2.75, 3.05) is 0 Å². The van der Waals surface area contributed by atoms with Gasteiger partial charge < -0.3 is 10.3 Å². The lowest BCUT2D eigenvalue weighted by atomic mass is 10.1. The molecule has 0 amide bonds. The molecule has 5 heteroatoms. The zero-order chi connectivity index (χ0) is 12.4. The Balaban J connectivity index is 2.30. The fourth-order valence-electron chi connectivity index (χ4n) is 1.46. The Morgan fingerprint density at radius 3 is 2.71 bits per heavy atom. The van der Waals surface area contributed by atoms with Crippen LogP contribution in [0.4, 0.5) is 0 Å². The molecule has 0 aromatic carbocycles. The van der Waals surface area contributed by atoms with Crippen LogP contribution < -0.4 is 5.73 Å². The maximum absolute atomic E-state index is 5.96. The van der Waals surface area contributed by atoms with Crippen LogP contribution in [0.15, 0.2) is 23.0 Å². The summed E-state index contributed by atoms with van der Waals surface area (Å²) in [6, 6.07) is 1.75. The van der Waals surface area contributed by atoms with E-state index in [1.54, 1.807) is 12.4 Å². The number of rotatable bonds is 3. The van der Waals surface area contributed by atoms with E-state index in [1.807, 2.05) is 26.8 Å². The lowest BCUT2D eigenvalue weighted by Crippen LogP contribution is -2.18. The topological polar surface area (TPSA) is 77.8 Å². The minimum atomic E-state index is -0.203. The van der Waals surface area contributed by atoms with Gasteiger partial charge in [-0.25, -0.2) is 0 Å². The smallest absolute Gasteiger partial charge is 0.259 e. The highest BCUT2D eigenvalue weighted by molar-refractivity contribution is 5.51. The van der Waals surface area contributed by atoms with Crippen LogP contribution in [0, 0.1) is 12.8 Å². The highest BCUT2D eigenvalue weighted by Gasteiger charge is 2.18. The first-order valence-electron chi connectivity index (χ1n) is 5.59. The SMILES string of the molecule is Cc1cncc(-c2nc(C(N)C(C)C)no2)c1. The Bertz CT molecular complexity index is 507. The van der Waals surface area contributed by atoms with Crippen LogP contribution in [-0.2, 0) is 0 Å². The summed E-state index contributed by atoms with van der Waals surface area (Å²) >= 11 is 0. The molecule has 2 aromatic rings. The molecule has 17 heavy (non-hydrogen) atoms. The van der Waals surface area contributed by atoms with Gasteiger partial charge in [-0.3, -0.25) is 4.98 Å². The summed E-state index contributed by atoms with van der Waals surface area (Å²) in [6.07, 6.45) is 3.48. The van der Waals surface area contributed by atoms with Crippen molar-refractivity contribution >= 4 is 0 Å². The average molecular weight is 232 g/mol. The van der Waals surface area contributed by atoms with Crippen molar-refractivity contribution in [3.63, 3.8) is 0 Å². The normalized spacial score (nSPS) is 13.0. The lowest BCUT2D eigenvalue weighted by molar-refractivity contribution is 0.400. The second-order valence-corrected chi connectivity index (χ2v) is 4.48. The molecule has 0 fully saturated rings. The van der Waals surface area contributed by atoms with E-state index in [-0.39, 0.29) is 12.0 Å². The molecule has 0 aliphatic carbocycles. The number of aryl methyl sites for hydroxylation is 1. The summed E-state index contributed by atoms with van der Waals surface area (Å²) in [5.41, 5.74) is 7.83. The van der Waals surface area contributed by atoms with Gasteiger partial charge in [0, 0.05) is 12.4 Å². The van der Waals surface area contributed by atoms with Gasteiger partial charge >= 0.3 is 0 Å². The number of hydrogen-bond donors (Lipinski definition) is 1. The van der Waals surface area contributed by atoms with E-state index in [9.17, 15) is 0 Å². The molecule has 0 saturated carbocycles. The molecule has 2 heterocycles. The fourth-order valence-corrected chi connectivity index (χ4v) is 1.46. The van der Waals surface area contributed by atoms with E-state index in [1.165, 1.54) is 0 Å². The van der Waals surface area contributed by atoms with Crippen molar-refractivity contribution < 1.29 is 4.52 Å². The molecule has 1 unspecified atom stereocenters. The highest BCUT2D eigenvalue weighted by atomic mass is 16.5. The van der Waals surface area contributed by atoms with Crippen LogP contribution in [-0.4, -0.2) is 15.1 Å². The molecule has 2 rings (SSSR count). The molecule has 0 saturated heterocycles. The quantitative estimate of drug-likeness (QED) is 0.876. The van der Waals surface area contributed by atoms with Crippen LogP contribution >= 0.6 is 0 Å². The molecule has 0 spiro atoms. The number of nitrogens with two attached hydrogens (primary N) is 1. The predicted octanol–water partition coefficient (Wildman–Crippen LogP) is 2.10. The first-order valence-corrected chi connectivity index (χ1v) is 5.59. The molecule has 0 radical (unpaired) electrons. The third kappa shape index (κ3) is 2.50. The van der Waals surface area contributed by atoms with E-state index in [0.717, 1.165) is 11.1 Å². The summed E-state index contributed by atoms with van der Waals surface area (Å²) in [4.78, 5) is 8.39. The van der Waals surface area contributed by atoms with Crippen molar-refractivity contribution in [1.29, 1.82) is 0 Å². The van der Waals surface area contributed by atoms with Crippen molar-refractivity contribution in [2.45, 2.75) is 26.8 Å². The number of hydrogen-bond acceptors (Lipinski definition) is 5. The second kappa shape index (κ2) is 4.63. The second-order valence-electron chi connectivity index (χ2n) is 4.48. The first-order chi connectivity index (χ1) is 8.08. The van der Waals surface area contributed by atoms with E-state index in [2.05, 4.69) is 15.1 Å². The number of aromatic nitrogens is 3. The Morgan fingerprint density at radius 1 is 1.29 bits per heavy atom. The van der Waals surface area contributed by atoms with Crippen LogP contribution in [0.2, 0.25) is 0 Å². The predicted molar refractivity (Wildman–Crippen MR) is 64.0 cm³/mol. The minimum Gasteiger partial charge on any atom is -0.334 e. The molecule has 0 aliphatic heterocycles. The van der Waals surface area contributed by atoms with Gasteiger partial charge in [0.05, 0.1) is 11.6 Å². The molecule has 1 atom stereocenters. The summed E-state index contributed by atoms with van der Waals surface area (Å²) in [7, 11) is 0. The van der Waals surface area contributed by atoms with Gasteiger partial charge in [-0.05, 0) is 24.5 Å². The fraction of sp³-hybridized carbons (Fsp3) is 0.417. The van der Waals surface area contributed by atoms with Gasteiger partial charge in [-0.1, -0.05) is 19.0 Å². The van der Waals surface area contributed by atoms with Gasteiger partial charge in [-0.2, -0.15) is 4.98 Å². The zero-order valence-corrected chi connectivity index (χ0v) is 10.2.